The van der Waals surface area contributed by atoms with Crippen LogP contribution in [0.2, 0.25) is 0 Å². The molecule has 0 saturated carbocycles. The Morgan fingerprint density at radius 1 is 0.946 bits per heavy atom. The van der Waals surface area contributed by atoms with Crippen molar-refractivity contribution in [2.75, 3.05) is 6.54 Å². The SMILES string of the molecule is O=C(NCCn1ncc2c(=O)n(Cc3ccc([N+](=O)[O-])cc3)cnc21)c1ccc(-c2ccccc2)cc1. The van der Waals surface area contributed by atoms with Crippen molar-refractivity contribution < 1.29 is 9.72 Å². The van der Waals surface area contributed by atoms with E-state index in [1.807, 2.05) is 42.5 Å². The maximum atomic E-state index is 12.9. The summed E-state index contributed by atoms with van der Waals surface area (Å²) in [6.07, 6.45) is 2.89. The molecule has 10 heteroatoms. The van der Waals surface area contributed by atoms with E-state index in [9.17, 15) is 19.7 Å². The van der Waals surface area contributed by atoms with Gasteiger partial charge in [0.25, 0.3) is 17.2 Å². The first kappa shape index (κ1) is 23.6. The van der Waals surface area contributed by atoms with Gasteiger partial charge in [-0.2, -0.15) is 5.10 Å². The van der Waals surface area contributed by atoms with E-state index in [1.165, 1.54) is 29.2 Å². The third kappa shape index (κ3) is 5.13. The van der Waals surface area contributed by atoms with Crippen molar-refractivity contribution in [2.45, 2.75) is 13.1 Å². The topological polar surface area (TPSA) is 125 Å². The van der Waals surface area contributed by atoms with E-state index in [1.54, 1.807) is 28.9 Å². The molecule has 0 radical (unpaired) electrons. The van der Waals surface area contributed by atoms with Gasteiger partial charge in [0.2, 0.25) is 0 Å². The summed E-state index contributed by atoms with van der Waals surface area (Å²) in [5.74, 6) is -0.200. The molecule has 0 saturated heterocycles. The second kappa shape index (κ2) is 10.2. The Morgan fingerprint density at radius 3 is 2.35 bits per heavy atom. The van der Waals surface area contributed by atoms with Crippen LogP contribution in [0.5, 0.6) is 0 Å². The number of benzene rings is 3. The number of nitro benzene ring substituents is 1. The van der Waals surface area contributed by atoms with Crippen LogP contribution in [0.3, 0.4) is 0 Å². The molecule has 0 unspecified atom stereocenters. The van der Waals surface area contributed by atoms with Gasteiger partial charge in [0.1, 0.15) is 11.7 Å². The van der Waals surface area contributed by atoms with Crippen LogP contribution in [0.4, 0.5) is 5.69 Å². The molecule has 0 bridgehead atoms. The molecule has 10 nitrogen and oxygen atoms in total. The molecule has 2 heterocycles. The van der Waals surface area contributed by atoms with Gasteiger partial charge in [-0.25, -0.2) is 9.67 Å². The van der Waals surface area contributed by atoms with Crippen LogP contribution in [0, 0.1) is 10.1 Å². The fourth-order valence-electron chi connectivity index (χ4n) is 4.02. The lowest BCUT2D eigenvalue weighted by atomic mass is 10.0. The van der Waals surface area contributed by atoms with Gasteiger partial charge < -0.3 is 5.32 Å². The van der Waals surface area contributed by atoms with E-state index in [0.717, 1.165) is 16.7 Å². The molecule has 0 atom stereocenters. The number of carbonyl (C=O) groups is 1. The van der Waals surface area contributed by atoms with Crippen LogP contribution in [0.25, 0.3) is 22.2 Å². The van der Waals surface area contributed by atoms with Crippen molar-refractivity contribution in [2.24, 2.45) is 0 Å². The van der Waals surface area contributed by atoms with Gasteiger partial charge in [0, 0.05) is 24.2 Å². The highest BCUT2D eigenvalue weighted by atomic mass is 16.6. The van der Waals surface area contributed by atoms with Crippen molar-refractivity contribution in [3.63, 3.8) is 0 Å². The molecule has 2 aromatic heterocycles. The summed E-state index contributed by atoms with van der Waals surface area (Å²) in [5.41, 5.74) is 3.55. The molecule has 1 N–H and O–H groups in total. The summed E-state index contributed by atoms with van der Waals surface area (Å²) < 4.78 is 3.00. The zero-order valence-electron chi connectivity index (χ0n) is 19.7. The average Bonchev–Trinajstić information content (AvgIpc) is 3.35. The Hall–Kier alpha value is -5.12. The summed E-state index contributed by atoms with van der Waals surface area (Å²) in [4.78, 5) is 40.2. The first-order valence-electron chi connectivity index (χ1n) is 11.6. The van der Waals surface area contributed by atoms with E-state index < -0.39 is 4.92 Å². The monoisotopic (exact) mass is 494 g/mol. The lowest BCUT2D eigenvalue weighted by molar-refractivity contribution is -0.384. The fraction of sp³-hybridized carbons (Fsp3) is 0.111. The molecule has 0 aliphatic carbocycles. The minimum atomic E-state index is -0.470. The maximum absolute atomic E-state index is 12.9. The van der Waals surface area contributed by atoms with E-state index in [2.05, 4.69) is 15.4 Å². The first-order chi connectivity index (χ1) is 18.0. The predicted molar refractivity (Wildman–Crippen MR) is 138 cm³/mol. The third-order valence-corrected chi connectivity index (χ3v) is 5.99. The standard InChI is InChI=1S/C27H22N6O4/c34-26(22-10-8-21(9-11-22)20-4-2-1-3-5-20)28-14-15-32-25-24(16-30-32)27(35)31(18-29-25)17-19-6-12-23(13-7-19)33(36)37/h1-13,16,18H,14-15,17H2,(H,28,34). The van der Waals surface area contributed by atoms with Gasteiger partial charge in [0.15, 0.2) is 5.65 Å². The van der Waals surface area contributed by atoms with E-state index in [4.69, 9.17) is 0 Å². The van der Waals surface area contributed by atoms with E-state index >= 15 is 0 Å². The average molecular weight is 495 g/mol. The van der Waals surface area contributed by atoms with Crippen LogP contribution >= 0.6 is 0 Å². The smallest absolute Gasteiger partial charge is 0.269 e. The number of nitrogens with zero attached hydrogens (tertiary/aromatic N) is 5. The molecule has 1 amide bonds. The number of aromatic nitrogens is 4. The number of nitrogens with one attached hydrogen (secondary N) is 1. The van der Waals surface area contributed by atoms with Gasteiger partial charge in [-0.1, -0.05) is 54.6 Å². The van der Waals surface area contributed by atoms with Crippen molar-refractivity contribution >= 4 is 22.6 Å². The number of nitro groups is 1. The largest absolute Gasteiger partial charge is 0.350 e. The van der Waals surface area contributed by atoms with E-state index in [-0.39, 0.29) is 23.7 Å². The number of carbonyl (C=O) groups excluding carboxylic acids is 1. The van der Waals surface area contributed by atoms with E-state index in [0.29, 0.717) is 29.7 Å². The molecule has 5 aromatic rings. The van der Waals surface area contributed by atoms with Crippen LogP contribution in [0.15, 0.2) is 96.2 Å². The summed E-state index contributed by atoms with van der Waals surface area (Å²) in [6.45, 7) is 0.879. The maximum Gasteiger partial charge on any atom is 0.269 e. The Balaban J connectivity index is 1.22. The molecule has 0 aliphatic heterocycles. The highest BCUT2D eigenvalue weighted by Gasteiger charge is 2.12. The summed E-state index contributed by atoms with van der Waals surface area (Å²) >= 11 is 0. The Morgan fingerprint density at radius 2 is 1.65 bits per heavy atom. The minimum absolute atomic E-state index is 0.0118. The molecule has 5 rings (SSSR count). The Labute approximate surface area is 211 Å². The summed E-state index contributed by atoms with van der Waals surface area (Å²) in [5, 5.41) is 18.3. The number of non-ortho nitro benzene ring substituents is 1. The van der Waals surface area contributed by atoms with Crippen molar-refractivity contribution in [3.05, 3.63) is 123 Å². The van der Waals surface area contributed by atoms with Crippen LogP contribution in [0.1, 0.15) is 15.9 Å². The van der Waals surface area contributed by atoms with Crippen LogP contribution < -0.4 is 10.9 Å². The second-order valence-electron chi connectivity index (χ2n) is 8.41. The molecule has 0 aliphatic rings. The van der Waals surface area contributed by atoms with Gasteiger partial charge in [-0.05, 0) is 28.8 Å². The second-order valence-corrected chi connectivity index (χ2v) is 8.41. The number of rotatable bonds is 8. The highest BCUT2D eigenvalue weighted by Crippen LogP contribution is 2.19. The summed E-state index contributed by atoms with van der Waals surface area (Å²) in [7, 11) is 0. The highest BCUT2D eigenvalue weighted by molar-refractivity contribution is 5.94. The molecule has 37 heavy (non-hydrogen) atoms. The van der Waals surface area contributed by atoms with Crippen LogP contribution in [-0.2, 0) is 13.1 Å². The zero-order chi connectivity index (χ0) is 25.8. The molecule has 0 fully saturated rings. The Kier molecular flexibility index (Phi) is 6.54. The lowest BCUT2D eigenvalue weighted by Crippen LogP contribution is -2.27. The Bertz CT molecular complexity index is 1620. The number of amides is 1. The molecule has 3 aromatic carbocycles. The fourth-order valence-corrected chi connectivity index (χ4v) is 4.02. The van der Waals surface area contributed by atoms with Gasteiger partial charge in [0.05, 0.1) is 24.2 Å². The normalized spacial score (nSPS) is 10.9. The minimum Gasteiger partial charge on any atom is -0.350 e. The third-order valence-electron chi connectivity index (χ3n) is 5.99. The van der Waals surface area contributed by atoms with Gasteiger partial charge in [-0.15, -0.1) is 0 Å². The van der Waals surface area contributed by atoms with Gasteiger partial charge >= 0.3 is 0 Å². The van der Waals surface area contributed by atoms with Crippen molar-refractivity contribution in [1.29, 1.82) is 0 Å². The quantitative estimate of drug-likeness (QED) is 0.259. The number of fused-ring (bicyclic) bond motifs is 1. The molecule has 0 spiro atoms. The molecular formula is C27H22N6O4. The van der Waals surface area contributed by atoms with Gasteiger partial charge in [-0.3, -0.25) is 24.3 Å². The zero-order valence-corrected chi connectivity index (χ0v) is 19.7. The lowest BCUT2D eigenvalue weighted by Gasteiger charge is -2.08. The van der Waals surface area contributed by atoms with Crippen molar-refractivity contribution in [3.8, 4) is 11.1 Å². The number of hydrogen-bond donors (Lipinski definition) is 1. The van der Waals surface area contributed by atoms with Crippen molar-refractivity contribution in [1.82, 2.24) is 24.6 Å². The number of hydrogen-bond acceptors (Lipinski definition) is 6. The first-order valence-corrected chi connectivity index (χ1v) is 11.6. The molecule has 184 valence electrons. The summed E-state index contributed by atoms with van der Waals surface area (Å²) in [6, 6.07) is 23.3. The predicted octanol–water partition coefficient (Wildman–Crippen LogP) is 3.65. The molecular weight excluding hydrogens is 472 g/mol. The van der Waals surface area contributed by atoms with Crippen LogP contribution in [-0.4, -0.2) is 36.7 Å².